The van der Waals surface area contributed by atoms with E-state index in [1.54, 1.807) is 11.7 Å². The van der Waals surface area contributed by atoms with E-state index in [-0.39, 0.29) is 5.56 Å². The van der Waals surface area contributed by atoms with E-state index in [1.165, 1.54) is 6.07 Å². The molecule has 3 aromatic rings. The lowest BCUT2D eigenvalue weighted by Gasteiger charge is -2.10. The van der Waals surface area contributed by atoms with Gasteiger partial charge in [0.2, 0.25) is 0 Å². The van der Waals surface area contributed by atoms with Gasteiger partial charge in [0, 0.05) is 12.1 Å². The van der Waals surface area contributed by atoms with E-state index in [0.717, 1.165) is 21.4 Å². The number of pyridine rings is 2. The van der Waals surface area contributed by atoms with Crippen LogP contribution in [-0.4, -0.2) is 16.7 Å². The second-order valence-electron chi connectivity index (χ2n) is 4.56. The Morgan fingerprint density at radius 1 is 1.24 bits per heavy atom. The van der Waals surface area contributed by atoms with E-state index in [9.17, 15) is 4.79 Å². The quantitative estimate of drug-likeness (QED) is 0.686. The molecule has 0 spiro atoms. The lowest BCUT2D eigenvalue weighted by Crippen LogP contribution is -2.20. The highest BCUT2D eigenvalue weighted by molar-refractivity contribution is 9.10. The fraction of sp³-hybridized carbons (Fsp3) is 0.125. The molecule has 0 saturated carbocycles. The van der Waals surface area contributed by atoms with Gasteiger partial charge in [0.25, 0.3) is 5.56 Å². The maximum atomic E-state index is 12.1. The van der Waals surface area contributed by atoms with Gasteiger partial charge in [0.1, 0.15) is 10.4 Å². The highest BCUT2D eigenvalue weighted by atomic mass is 79.9. The number of rotatable bonds is 3. The molecule has 5 heteroatoms. The molecule has 0 unspecified atom stereocenters. The van der Waals surface area contributed by atoms with Crippen molar-refractivity contribution in [3.05, 3.63) is 69.1 Å². The van der Waals surface area contributed by atoms with Gasteiger partial charge >= 0.3 is 0 Å². The molecule has 0 aliphatic heterocycles. The Balaban J connectivity index is 2.06. The van der Waals surface area contributed by atoms with Gasteiger partial charge in [-0.2, -0.15) is 0 Å². The number of halogens is 1. The van der Waals surface area contributed by atoms with Gasteiger partial charge in [-0.3, -0.25) is 4.79 Å². The summed E-state index contributed by atoms with van der Waals surface area (Å²) in [6.45, 7) is 0.483. The van der Waals surface area contributed by atoms with Crippen molar-refractivity contribution in [2.45, 2.75) is 6.54 Å². The lowest BCUT2D eigenvalue weighted by atomic mass is 10.2. The number of hydrogen-bond acceptors (Lipinski definition) is 3. The molecular weight excluding hydrogens is 332 g/mol. The standard InChI is InChI=1S/C16H12BrN2O2/c1-21-12-4-2-11(3-5-12)10-19-14-7-8-15(17)18-13(14)6-9-16(19)20/h2-5,7-9H,10H2,1H3. The van der Waals surface area contributed by atoms with Crippen molar-refractivity contribution >= 4 is 27.0 Å². The predicted molar refractivity (Wildman–Crippen MR) is 84.6 cm³/mol. The third-order valence-corrected chi connectivity index (χ3v) is 3.67. The van der Waals surface area contributed by atoms with Crippen molar-refractivity contribution in [1.29, 1.82) is 0 Å². The average Bonchev–Trinajstić information content (AvgIpc) is 2.51. The first-order valence-electron chi connectivity index (χ1n) is 6.38. The predicted octanol–water partition coefficient (Wildman–Crippen LogP) is 3.02. The molecule has 0 aliphatic carbocycles. The number of methoxy groups -OCH3 is 1. The molecule has 0 N–H and O–H groups in total. The van der Waals surface area contributed by atoms with Crippen LogP contribution in [0.5, 0.6) is 5.75 Å². The molecule has 2 heterocycles. The highest BCUT2D eigenvalue weighted by Gasteiger charge is 2.06. The van der Waals surface area contributed by atoms with Crippen LogP contribution in [0.25, 0.3) is 11.0 Å². The molecule has 0 atom stereocenters. The van der Waals surface area contributed by atoms with Crippen LogP contribution >= 0.6 is 15.9 Å². The van der Waals surface area contributed by atoms with Gasteiger partial charge in [0.15, 0.2) is 0 Å². The number of aromatic nitrogens is 2. The Bertz CT molecular complexity index is 841. The average molecular weight is 344 g/mol. The van der Waals surface area contributed by atoms with Gasteiger partial charge in [-0.05, 0) is 45.8 Å². The first-order chi connectivity index (χ1) is 10.2. The molecule has 3 rings (SSSR count). The largest absolute Gasteiger partial charge is 0.497 e. The topological polar surface area (TPSA) is 44.1 Å². The van der Waals surface area contributed by atoms with Crippen LogP contribution in [-0.2, 0) is 6.54 Å². The fourth-order valence-corrected chi connectivity index (χ4v) is 2.46. The van der Waals surface area contributed by atoms with Gasteiger partial charge < -0.3 is 9.30 Å². The summed E-state index contributed by atoms with van der Waals surface area (Å²) in [7, 11) is 1.63. The normalized spacial score (nSPS) is 10.8. The third-order valence-electron chi connectivity index (χ3n) is 3.23. The summed E-state index contributed by atoms with van der Waals surface area (Å²) < 4.78 is 7.55. The first kappa shape index (κ1) is 13.8. The van der Waals surface area contributed by atoms with Crippen LogP contribution < -0.4 is 10.3 Å². The number of benzene rings is 1. The first-order valence-corrected chi connectivity index (χ1v) is 7.17. The summed E-state index contributed by atoms with van der Waals surface area (Å²) in [5.74, 6) is 0.794. The van der Waals surface area contributed by atoms with Crippen molar-refractivity contribution in [3.8, 4) is 5.75 Å². The number of hydrogen-bond donors (Lipinski definition) is 0. The molecule has 1 radical (unpaired) electrons. The summed E-state index contributed by atoms with van der Waals surface area (Å²) in [4.78, 5) is 16.4. The van der Waals surface area contributed by atoms with Crippen LogP contribution in [0, 0.1) is 6.07 Å². The summed E-state index contributed by atoms with van der Waals surface area (Å²) in [5.41, 5.74) is 2.36. The Labute approximate surface area is 130 Å². The molecule has 0 aliphatic rings. The molecule has 2 aromatic heterocycles. The molecule has 21 heavy (non-hydrogen) atoms. The summed E-state index contributed by atoms with van der Waals surface area (Å²) in [6, 6.07) is 15.7. The molecular formula is C16H12BrN2O2. The van der Waals surface area contributed by atoms with Crippen molar-refractivity contribution in [1.82, 2.24) is 9.55 Å². The maximum Gasteiger partial charge on any atom is 0.252 e. The number of nitrogens with zero attached hydrogens (tertiary/aromatic N) is 2. The van der Waals surface area contributed by atoms with Crippen LogP contribution in [0.15, 0.2) is 51.9 Å². The van der Waals surface area contributed by atoms with Crippen molar-refractivity contribution in [2.24, 2.45) is 0 Å². The SMILES string of the molecule is COc1ccc(Cn2c(=O)c[c]c3nc(Br)ccc32)cc1. The van der Waals surface area contributed by atoms with E-state index in [1.807, 2.05) is 36.4 Å². The van der Waals surface area contributed by atoms with Crippen molar-refractivity contribution in [3.63, 3.8) is 0 Å². The minimum atomic E-state index is -0.0950. The Hall–Kier alpha value is -2.14. The summed E-state index contributed by atoms with van der Waals surface area (Å²) in [6.07, 6.45) is 0. The van der Waals surface area contributed by atoms with Gasteiger partial charge in [-0.25, -0.2) is 4.98 Å². The molecule has 0 fully saturated rings. The Morgan fingerprint density at radius 3 is 2.71 bits per heavy atom. The summed E-state index contributed by atoms with van der Waals surface area (Å²) >= 11 is 3.33. The number of fused-ring (bicyclic) bond motifs is 1. The zero-order chi connectivity index (χ0) is 14.8. The minimum Gasteiger partial charge on any atom is -0.497 e. The monoisotopic (exact) mass is 343 g/mol. The van der Waals surface area contributed by atoms with Crippen LogP contribution in [0.2, 0.25) is 0 Å². The molecule has 105 valence electrons. The van der Waals surface area contributed by atoms with Crippen molar-refractivity contribution < 1.29 is 4.74 Å². The second kappa shape index (κ2) is 5.69. The summed E-state index contributed by atoms with van der Waals surface area (Å²) in [5, 5.41) is 0. The Kier molecular flexibility index (Phi) is 3.75. The highest BCUT2D eigenvalue weighted by Crippen LogP contribution is 2.16. The fourth-order valence-electron chi connectivity index (χ4n) is 2.16. The van der Waals surface area contributed by atoms with Crippen LogP contribution in [0.4, 0.5) is 0 Å². The van der Waals surface area contributed by atoms with Gasteiger partial charge in [0.05, 0.1) is 24.7 Å². The van der Waals surface area contributed by atoms with E-state index in [0.29, 0.717) is 12.1 Å². The molecule has 0 amide bonds. The smallest absolute Gasteiger partial charge is 0.252 e. The Morgan fingerprint density at radius 2 is 2.00 bits per heavy atom. The number of ether oxygens (including phenoxy) is 1. The second-order valence-corrected chi connectivity index (χ2v) is 5.38. The van der Waals surface area contributed by atoms with E-state index in [2.05, 4.69) is 27.0 Å². The van der Waals surface area contributed by atoms with E-state index in [4.69, 9.17) is 4.74 Å². The molecule has 1 aromatic carbocycles. The molecule has 0 bridgehead atoms. The van der Waals surface area contributed by atoms with E-state index < -0.39 is 0 Å². The van der Waals surface area contributed by atoms with Gasteiger partial charge in [-0.1, -0.05) is 12.1 Å². The zero-order valence-corrected chi connectivity index (χ0v) is 12.9. The molecule has 0 saturated heterocycles. The van der Waals surface area contributed by atoms with Gasteiger partial charge in [-0.15, -0.1) is 0 Å². The zero-order valence-electron chi connectivity index (χ0n) is 11.3. The van der Waals surface area contributed by atoms with Crippen LogP contribution in [0.1, 0.15) is 5.56 Å². The van der Waals surface area contributed by atoms with Crippen LogP contribution in [0.3, 0.4) is 0 Å². The van der Waals surface area contributed by atoms with Crippen molar-refractivity contribution in [2.75, 3.05) is 7.11 Å². The van der Waals surface area contributed by atoms with E-state index >= 15 is 0 Å². The minimum absolute atomic E-state index is 0.0950. The lowest BCUT2D eigenvalue weighted by molar-refractivity contribution is 0.414. The third kappa shape index (κ3) is 2.83. The maximum absolute atomic E-state index is 12.1. The molecule has 4 nitrogen and oxygen atoms in total.